The molecule has 0 saturated carbocycles. The fraction of sp³-hybridized carbons (Fsp3) is 0.286. The predicted octanol–water partition coefficient (Wildman–Crippen LogP) is 3.77. The highest BCUT2D eigenvalue weighted by Gasteiger charge is 2.04. The van der Waals surface area contributed by atoms with Crippen LogP contribution in [-0.4, -0.2) is 7.11 Å². The Hall–Kier alpha value is -1.50. The van der Waals surface area contributed by atoms with Gasteiger partial charge in [-0.3, -0.25) is 0 Å². The summed E-state index contributed by atoms with van der Waals surface area (Å²) in [5.41, 5.74) is 3.81. The average Bonchev–Trinajstić information content (AvgIpc) is 2.16. The second-order valence-electron chi connectivity index (χ2n) is 4.12. The van der Waals surface area contributed by atoms with Crippen LogP contribution in [0.3, 0.4) is 0 Å². The van der Waals surface area contributed by atoms with Gasteiger partial charge in [-0.1, -0.05) is 17.7 Å². The van der Waals surface area contributed by atoms with Crippen molar-refractivity contribution in [2.75, 3.05) is 7.11 Å². The van der Waals surface area contributed by atoms with E-state index in [1.807, 2.05) is 0 Å². The Balaban J connectivity index is 2.81. The van der Waals surface area contributed by atoms with Crippen LogP contribution >= 0.6 is 0 Å². The molecule has 0 spiro atoms. The van der Waals surface area contributed by atoms with Gasteiger partial charge < -0.3 is 4.74 Å². The number of aryl methyl sites for hydroxylation is 3. The van der Waals surface area contributed by atoms with E-state index >= 15 is 0 Å². The molecule has 78 valence electrons. The average molecular weight is 200 g/mol. The Morgan fingerprint density at radius 3 is 2.27 bits per heavy atom. The minimum atomic E-state index is 0.967. The first-order valence-electron chi connectivity index (χ1n) is 5.17. The molecule has 2 aromatic carbocycles. The molecule has 0 aliphatic rings. The molecular weight excluding hydrogens is 184 g/mol. The molecule has 1 heteroatoms. The Labute approximate surface area is 90.7 Å². The van der Waals surface area contributed by atoms with Crippen LogP contribution in [0.25, 0.3) is 10.8 Å². The molecular formula is C14H16O. The van der Waals surface area contributed by atoms with E-state index in [0.717, 1.165) is 5.75 Å². The molecule has 0 radical (unpaired) electrons. The molecule has 0 aromatic heterocycles. The van der Waals surface area contributed by atoms with Crippen LogP contribution in [0.4, 0.5) is 0 Å². The SMILES string of the molecule is COc1cc2c(C)cc(C)cc2cc1C. The van der Waals surface area contributed by atoms with Crippen molar-refractivity contribution in [3.63, 3.8) is 0 Å². The molecule has 0 aliphatic carbocycles. The van der Waals surface area contributed by atoms with Crippen molar-refractivity contribution in [1.82, 2.24) is 0 Å². The molecule has 15 heavy (non-hydrogen) atoms. The molecule has 0 unspecified atom stereocenters. The van der Waals surface area contributed by atoms with Crippen molar-refractivity contribution in [2.24, 2.45) is 0 Å². The fourth-order valence-electron chi connectivity index (χ4n) is 2.10. The van der Waals surface area contributed by atoms with E-state index in [-0.39, 0.29) is 0 Å². The Morgan fingerprint density at radius 1 is 0.867 bits per heavy atom. The molecule has 0 aliphatic heterocycles. The van der Waals surface area contributed by atoms with E-state index in [0.29, 0.717) is 0 Å². The van der Waals surface area contributed by atoms with Crippen LogP contribution in [-0.2, 0) is 0 Å². The van der Waals surface area contributed by atoms with Gasteiger partial charge in [-0.05, 0) is 54.8 Å². The lowest BCUT2D eigenvalue weighted by molar-refractivity contribution is 0.412. The van der Waals surface area contributed by atoms with E-state index in [1.54, 1.807) is 7.11 Å². The first-order chi connectivity index (χ1) is 7.11. The van der Waals surface area contributed by atoms with Gasteiger partial charge in [0.15, 0.2) is 0 Å². The maximum atomic E-state index is 5.34. The zero-order valence-electron chi connectivity index (χ0n) is 9.72. The summed E-state index contributed by atoms with van der Waals surface area (Å²) >= 11 is 0. The smallest absolute Gasteiger partial charge is 0.122 e. The summed E-state index contributed by atoms with van der Waals surface area (Å²) in [6.45, 7) is 6.35. The highest BCUT2D eigenvalue weighted by Crippen LogP contribution is 2.28. The Morgan fingerprint density at radius 2 is 1.60 bits per heavy atom. The number of methoxy groups -OCH3 is 1. The van der Waals surface area contributed by atoms with Gasteiger partial charge in [0.05, 0.1) is 7.11 Å². The molecule has 1 nitrogen and oxygen atoms in total. The topological polar surface area (TPSA) is 9.23 Å². The van der Waals surface area contributed by atoms with Crippen LogP contribution in [0.5, 0.6) is 5.75 Å². The van der Waals surface area contributed by atoms with E-state index < -0.39 is 0 Å². The minimum absolute atomic E-state index is 0.967. The molecule has 0 heterocycles. The van der Waals surface area contributed by atoms with Crippen molar-refractivity contribution < 1.29 is 4.74 Å². The number of ether oxygens (including phenoxy) is 1. The first-order valence-corrected chi connectivity index (χ1v) is 5.17. The van der Waals surface area contributed by atoms with Crippen molar-refractivity contribution in [2.45, 2.75) is 20.8 Å². The fourth-order valence-corrected chi connectivity index (χ4v) is 2.10. The van der Waals surface area contributed by atoms with Crippen molar-refractivity contribution >= 4 is 10.8 Å². The summed E-state index contributed by atoms with van der Waals surface area (Å²) in [5.74, 6) is 0.967. The van der Waals surface area contributed by atoms with Gasteiger partial charge in [0, 0.05) is 0 Å². The van der Waals surface area contributed by atoms with Crippen LogP contribution in [0, 0.1) is 20.8 Å². The van der Waals surface area contributed by atoms with Gasteiger partial charge in [0.2, 0.25) is 0 Å². The summed E-state index contributed by atoms with van der Waals surface area (Å²) in [7, 11) is 1.72. The van der Waals surface area contributed by atoms with Gasteiger partial charge in [-0.2, -0.15) is 0 Å². The predicted molar refractivity (Wildman–Crippen MR) is 64.7 cm³/mol. The summed E-state index contributed by atoms with van der Waals surface area (Å²) in [6, 6.07) is 8.74. The van der Waals surface area contributed by atoms with Gasteiger partial charge in [-0.25, -0.2) is 0 Å². The normalized spacial score (nSPS) is 10.7. The largest absolute Gasteiger partial charge is 0.496 e. The van der Waals surface area contributed by atoms with Gasteiger partial charge in [0.1, 0.15) is 5.75 Å². The third-order valence-corrected chi connectivity index (χ3v) is 2.82. The standard InChI is InChI=1S/C14H16O/c1-9-5-10(2)13-8-14(15-4)11(3)7-12(13)6-9/h5-8H,1-4H3. The molecule has 0 saturated heterocycles. The molecule has 0 atom stereocenters. The first kappa shape index (κ1) is 10.0. The maximum absolute atomic E-state index is 5.34. The Bertz CT molecular complexity index is 512. The third kappa shape index (κ3) is 1.70. The second-order valence-corrected chi connectivity index (χ2v) is 4.12. The van der Waals surface area contributed by atoms with Crippen molar-refractivity contribution in [3.05, 3.63) is 41.0 Å². The number of hydrogen-bond donors (Lipinski definition) is 0. The van der Waals surface area contributed by atoms with Gasteiger partial charge in [0.25, 0.3) is 0 Å². The maximum Gasteiger partial charge on any atom is 0.122 e. The van der Waals surface area contributed by atoms with Crippen LogP contribution in [0.2, 0.25) is 0 Å². The lowest BCUT2D eigenvalue weighted by atomic mass is 10.00. The molecule has 0 bridgehead atoms. The summed E-state index contributed by atoms with van der Waals surface area (Å²) in [5, 5.41) is 2.58. The molecule has 2 aromatic rings. The van der Waals surface area contributed by atoms with Crippen LogP contribution in [0.1, 0.15) is 16.7 Å². The summed E-state index contributed by atoms with van der Waals surface area (Å²) in [4.78, 5) is 0. The van der Waals surface area contributed by atoms with Crippen molar-refractivity contribution in [3.8, 4) is 5.75 Å². The number of hydrogen-bond acceptors (Lipinski definition) is 1. The van der Waals surface area contributed by atoms with Crippen molar-refractivity contribution in [1.29, 1.82) is 0 Å². The zero-order valence-corrected chi connectivity index (χ0v) is 9.72. The molecule has 0 amide bonds. The highest BCUT2D eigenvalue weighted by molar-refractivity contribution is 5.88. The zero-order chi connectivity index (χ0) is 11.0. The van der Waals surface area contributed by atoms with E-state index in [9.17, 15) is 0 Å². The molecule has 2 rings (SSSR count). The van der Waals surface area contributed by atoms with Crippen LogP contribution < -0.4 is 4.74 Å². The number of benzene rings is 2. The lowest BCUT2D eigenvalue weighted by Crippen LogP contribution is -1.89. The second kappa shape index (κ2) is 3.58. The lowest BCUT2D eigenvalue weighted by Gasteiger charge is -2.09. The van der Waals surface area contributed by atoms with E-state index in [2.05, 4.69) is 45.0 Å². The van der Waals surface area contributed by atoms with E-state index in [4.69, 9.17) is 4.74 Å². The number of fused-ring (bicyclic) bond motifs is 1. The monoisotopic (exact) mass is 200 g/mol. The van der Waals surface area contributed by atoms with Gasteiger partial charge >= 0.3 is 0 Å². The summed E-state index contributed by atoms with van der Waals surface area (Å²) in [6.07, 6.45) is 0. The molecule has 0 N–H and O–H groups in total. The minimum Gasteiger partial charge on any atom is -0.496 e. The molecule has 0 fully saturated rings. The van der Waals surface area contributed by atoms with Gasteiger partial charge in [-0.15, -0.1) is 0 Å². The number of rotatable bonds is 1. The summed E-state index contributed by atoms with van der Waals surface area (Å²) < 4.78 is 5.34. The Kier molecular flexibility index (Phi) is 2.39. The quantitative estimate of drug-likeness (QED) is 0.680. The van der Waals surface area contributed by atoms with E-state index in [1.165, 1.54) is 27.5 Å². The third-order valence-electron chi connectivity index (χ3n) is 2.82. The highest BCUT2D eigenvalue weighted by atomic mass is 16.5. The van der Waals surface area contributed by atoms with Crippen LogP contribution in [0.15, 0.2) is 24.3 Å².